The molecule has 0 aromatic heterocycles. The Morgan fingerprint density at radius 1 is 1.67 bits per heavy atom. The molecule has 1 saturated carbocycles. The lowest BCUT2D eigenvalue weighted by Gasteiger charge is -1.85. The fraction of sp³-hybridized carbons (Fsp3) is 0.833. The van der Waals surface area contributed by atoms with Crippen LogP contribution in [-0.2, 0) is 4.74 Å². The van der Waals surface area contributed by atoms with Gasteiger partial charge in [0.15, 0.2) is 0 Å². The molecule has 0 spiro atoms. The number of methoxy groups -OCH3 is 1. The van der Waals surface area contributed by atoms with Crippen LogP contribution >= 0.6 is 0 Å². The summed E-state index contributed by atoms with van der Waals surface area (Å²) in [5.74, 6) is 0. The summed E-state index contributed by atoms with van der Waals surface area (Å²) in [6, 6.07) is 2.88. The third kappa shape index (κ3) is 1.63. The Kier molecular flexibility index (Phi) is 1.98. The molecular formula is C6H10N2O. The van der Waals surface area contributed by atoms with Gasteiger partial charge in [0.2, 0.25) is 0 Å². The van der Waals surface area contributed by atoms with Gasteiger partial charge in [0, 0.05) is 20.6 Å². The quantitative estimate of drug-likeness (QED) is 0.498. The average Bonchev–Trinajstić information content (AvgIpc) is 2.62. The predicted octanol–water partition coefficient (Wildman–Crippen LogP) is 0.577. The number of nitrogens with zero attached hydrogens (tertiary/aromatic N) is 2. The van der Waals surface area contributed by atoms with E-state index in [1.807, 2.05) is 0 Å². The van der Waals surface area contributed by atoms with Gasteiger partial charge in [-0.05, 0) is 0 Å². The summed E-state index contributed by atoms with van der Waals surface area (Å²) in [4.78, 5) is 7.58. The second-order valence-electron chi connectivity index (χ2n) is 2.03. The molecule has 50 valence electrons. The van der Waals surface area contributed by atoms with Crippen molar-refractivity contribution in [3.05, 3.63) is 0 Å². The molecule has 0 N–H and O–H groups in total. The molecule has 3 heteroatoms. The van der Waals surface area contributed by atoms with E-state index in [1.165, 1.54) is 0 Å². The number of rotatable bonds is 2. The third-order valence-electron chi connectivity index (χ3n) is 1.33. The zero-order valence-corrected chi connectivity index (χ0v) is 5.66. The molecular weight excluding hydrogens is 116 g/mol. The van der Waals surface area contributed by atoms with Crippen LogP contribution in [0.15, 0.2) is 9.98 Å². The number of aliphatic imine (C=N–C) groups is 2. The van der Waals surface area contributed by atoms with Crippen molar-refractivity contribution in [2.75, 3.05) is 14.2 Å². The molecule has 1 aliphatic carbocycles. The summed E-state index contributed by atoms with van der Waals surface area (Å²) in [6.07, 6.45) is 1.36. The molecule has 1 aliphatic rings. The van der Waals surface area contributed by atoms with E-state index in [9.17, 15) is 0 Å². The summed E-state index contributed by atoms with van der Waals surface area (Å²) in [6.45, 7) is 0. The van der Waals surface area contributed by atoms with Crippen molar-refractivity contribution < 1.29 is 4.74 Å². The molecule has 0 radical (unpaired) electrons. The highest BCUT2D eigenvalue weighted by atomic mass is 16.5. The maximum Gasteiger partial charge on any atom is 0.0897 e. The highest BCUT2D eigenvalue weighted by molar-refractivity contribution is 5.42. The van der Waals surface area contributed by atoms with Gasteiger partial charge in [-0.15, -0.1) is 0 Å². The fourth-order valence-electron chi connectivity index (χ4n) is 0.680. The van der Waals surface area contributed by atoms with E-state index < -0.39 is 0 Å². The van der Waals surface area contributed by atoms with Gasteiger partial charge in [-0.25, -0.2) is 9.98 Å². The van der Waals surface area contributed by atoms with Crippen molar-refractivity contribution in [2.24, 2.45) is 9.98 Å². The molecule has 9 heavy (non-hydrogen) atoms. The molecule has 0 aromatic rings. The maximum atomic E-state index is 5.00. The Labute approximate surface area is 54.5 Å². The van der Waals surface area contributed by atoms with Crippen molar-refractivity contribution in [1.82, 2.24) is 0 Å². The van der Waals surface area contributed by atoms with E-state index in [-0.39, 0.29) is 0 Å². The molecule has 2 unspecified atom stereocenters. The molecule has 3 nitrogen and oxygen atoms in total. The van der Waals surface area contributed by atoms with Crippen LogP contribution in [0.2, 0.25) is 0 Å². The summed E-state index contributed by atoms with van der Waals surface area (Å²) < 4.78 is 5.00. The van der Waals surface area contributed by atoms with Crippen LogP contribution in [-0.4, -0.2) is 32.3 Å². The highest BCUT2D eigenvalue weighted by Gasteiger charge is 2.37. The van der Waals surface area contributed by atoms with Gasteiger partial charge in [0.05, 0.1) is 18.2 Å². The second kappa shape index (κ2) is 2.76. The topological polar surface area (TPSA) is 34.0 Å². The first-order valence-electron chi connectivity index (χ1n) is 2.95. The molecule has 0 aromatic carbocycles. The van der Waals surface area contributed by atoms with Gasteiger partial charge in [-0.1, -0.05) is 0 Å². The van der Waals surface area contributed by atoms with Gasteiger partial charge < -0.3 is 4.74 Å². The minimum Gasteiger partial charge on any atom is -0.379 e. The van der Waals surface area contributed by atoms with Gasteiger partial charge in [0.1, 0.15) is 0 Å². The Morgan fingerprint density at radius 3 is 2.89 bits per heavy atom. The van der Waals surface area contributed by atoms with Crippen LogP contribution < -0.4 is 0 Å². The molecule has 0 aliphatic heterocycles. The molecule has 2 atom stereocenters. The summed E-state index contributed by atoms with van der Waals surface area (Å²) in [5.41, 5.74) is 0. The lowest BCUT2D eigenvalue weighted by atomic mass is 10.7. The van der Waals surface area contributed by atoms with Crippen LogP contribution in [0.5, 0.6) is 0 Å². The Morgan fingerprint density at radius 2 is 2.44 bits per heavy atom. The van der Waals surface area contributed by atoms with Crippen LogP contribution in [0.1, 0.15) is 6.42 Å². The van der Waals surface area contributed by atoms with E-state index in [0.717, 1.165) is 6.42 Å². The summed E-state index contributed by atoms with van der Waals surface area (Å²) in [7, 11) is 3.36. The van der Waals surface area contributed by atoms with Gasteiger partial charge in [-0.2, -0.15) is 0 Å². The van der Waals surface area contributed by atoms with Crippen molar-refractivity contribution in [2.45, 2.75) is 18.6 Å². The Hall–Kier alpha value is -0.660. The molecule has 1 fully saturated rings. The molecule has 0 amide bonds. The SMILES string of the molecule is CN=C=NC1CC1OC. The van der Waals surface area contributed by atoms with Crippen molar-refractivity contribution in [3.8, 4) is 0 Å². The van der Waals surface area contributed by atoms with E-state index in [4.69, 9.17) is 4.74 Å². The predicted molar refractivity (Wildman–Crippen MR) is 35.0 cm³/mol. The van der Waals surface area contributed by atoms with Crippen LogP contribution in [0.3, 0.4) is 0 Å². The second-order valence-corrected chi connectivity index (χ2v) is 2.03. The third-order valence-corrected chi connectivity index (χ3v) is 1.33. The fourth-order valence-corrected chi connectivity index (χ4v) is 0.680. The first-order chi connectivity index (χ1) is 4.38. The lowest BCUT2D eigenvalue weighted by Crippen LogP contribution is -1.91. The highest BCUT2D eigenvalue weighted by Crippen LogP contribution is 2.27. The van der Waals surface area contributed by atoms with Crippen molar-refractivity contribution >= 4 is 6.01 Å². The largest absolute Gasteiger partial charge is 0.379 e. The van der Waals surface area contributed by atoms with E-state index in [2.05, 4.69) is 16.0 Å². The molecule has 0 bridgehead atoms. The first kappa shape index (κ1) is 6.46. The summed E-state index contributed by atoms with van der Waals surface area (Å²) in [5, 5.41) is 0. The lowest BCUT2D eigenvalue weighted by molar-refractivity contribution is 0.178. The van der Waals surface area contributed by atoms with Crippen molar-refractivity contribution in [1.29, 1.82) is 0 Å². The smallest absolute Gasteiger partial charge is 0.0897 e. The Balaban J connectivity index is 2.27. The first-order valence-corrected chi connectivity index (χ1v) is 2.95. The number of ether oxygens (including phenoxy) is 1. The van der Waals surface area contributed by atoms with E-state index in [1.54, 1.807) is 14.2 Å². The van der Waals surface area contributed by atoms with E-state index >= 15 is 0 Å². The maximum absolute atomic E-state index is 5.00. The monoisotopic (exact) mass is 126 g/mol. The summed E-state index contributed by atoms with van der Waals surface area (Å²) >= 11 is 0. The minimum absolute atomic E-state index is 0.332. The number of hydrogen-bond donors (Lipinski definition) is 0. The van der Waals surface area contributed by atoms with Crippen molar-refractivity contribution in [3.63, 3.8) is 0 Å². The van der Waals surface area contributed by atoms with Gasteiger partial charge in [0.25, 0.3) is 0 Å². The molecule has 1 rings (SSSR count). The van der Waals surface area contributed by atoms with E-state index in [0.29, 0.717) is 12.1 Å². The van der Waals surface area contributed by atoms with Gasteiger partial charge >= 0.3 is 0 Å². The minimum atomic E-state index is 0.332. The zero-order valence-electron chi connectivity index (χ0n) is 5.66. The molecule has 0 saturated heterocycles. The van der Waals surface area contributed by atoms with Crippen LogP contribution in [0.25, 0.3) is 0 Å². The number of hydrogen-bond acceptors (Lipinski definition) is 3. The van der Waals surface area contributed by atoms with Gasteiger partial charge in [-0.3, -0.25) is 0 Å². The standard InChI is InChI=1S/C6H10N2O/c1-7-4-8-5-3-6(5)9-2/h5-6H,3H2,1-2H3. The average molecular weight is 126 g/mol. The Bertz CT molecular complexity index is 149. The van der Waals surface area contributed by atoms with Crippen LogP contribution in [0.4, 0.5) is 0 Å². The normalized spacial score (nSPS) is 30.9. The van der Waals surface area contributed by atoms with Crippen LogP contribution in [0, 0.1) is 0 Å². The molecule has 0 heterocycles. The zero-order chi connectivity index (χ0) is 6.69.